The third-order valence-corrected chi connectivity index (χ3v) is 6.62. The molecular formula is C25H23NO9S. The van der Waals surface area contributed by atoms with Gasteiger partial charge in [0, 0.05) is 6.07 Å². The van der Waals surface area contributed by atoms with Gasteiger partial charge in [-0.1, -0.05) is 12.1 Å². The van der Waals surface area contributed by atoms with E-state index >= 15 is 0 Å². The van der Waals surface area contributed by atoms with Crippen molar-refractivity contribution in [3.8, 4) is 23.0 Å². The summed E-state index contributed by atoms with van der Waals surface area (Å²) in [5.41, 5.74) is 0.102. The second kappa shape index (κ2) is 10.6. The Morgan fingerprint density at radius 1 is 0.889 bits per heavy atom. The van der Waals surface area contributed by atoms with Crippen LogP contribution in [0, 0.1) is 0 Å². The zero-order valence-corrected chi connectivity index (χ0v) is 20.3. The normalized spacial score (nSPS) is 12.4. The number of fused-ring (bicyclic) bond motifs is 1. The molecule has 0 unspecified atom stereocenters. The smallest absolute Gasteiger partial charge is 0.340 e. The minimum atomic E-state index is -4.08. The first-order valence-electron chi connectivity index (χ1n) is 10.8. The molecule has 36 heavy (non-hydrogen) atoms. The molecular weight excluding hydrogens is 490 g/mol. The van der Waals surface area contributed by atoms with E-state index in [1.807, 2.05) is 0 Å². The molecule has 3 aromatic rings. The predicted molar refractivity (Wildman–Crippen MR) is 129 cm³/mol. The number of rotatable bonds is 9. The summed E-state index contributed by atoms with van der Waals surface area (Å²) in [7, 11) is -1.22. The van der Waals surface area contributed by atoms with Gasteiger partial charge in [-0.15, -0.1) is 0 Å². The van der Waals surface area contributed by atoms with E-state index < -0.39 is 28.4 Å². The van der Waals surface area contributed by atoms with Gasteiger partial charge in [0.05, 0.1) is 35.9 Å². The summed E-state index contributed by atoms with van der Waals surface area (Å²) in [5.74, 6) is 0.0812. The monoisotopic (exact) mass is 513 g/mol. The van der Waals surface area contributed by atoms with E-state index in [4.69, 9.17) is 23.7 Å². The number of ether oxygens (including phenoxy) is 5. The summed E-state index contributed by atoms with van der Waals surface area (Å²) in [6.07, 6.45) is 0. The first-order valence-corrected chi connectivity index (χ1v) is 12.2. The minimum Gasteiger partial charge on any atom is -0.497 e. The van der Waals surface area contributed by atoms with Gasteiger partial charge in [0.2, 0.25) is 5.78 Å². The Balaban J connectivity index is 1.50. The number of anilines is 1. The van der Waals surface area contributed by atoms with E-state index in [0.29, 0.717) is 36.2 Å². The van der Waals surface area contributed by atoms with Crippen LogP contribution >= 0.6 is 0 Å². The van der Waals surface area contributed by atoms with E-state index in [1.165, 1.54) is 50.6 Å². The Kier molecular flexibility index (Phi) is 7.30. The molecule has 4 rings (SSSR count). The molecule has 188 valence electrons. The van der Waals surface area contributed by atoms with Gasteiger partial charge in [0.1, 0.15) is 24.7 Å². The molecule has 3 aromatic carbocycles. The van der Waals surface area contributed by atoms with E-state index in [9.17, 15) is 18.0 Å². The number of sulfonamides is 1. The highest BCUT2D eigenvalue weighted by atomic mass is 32.2. The lowest BCUT2D eigenvalue weighted by Gasteiger charge is -2.19. The highest BCUT2D eigenvalue weighted by Crippen LogP contribution is 2.33. The van der Waals surface area contributed by atoms with Crippen molar-refractivity contribution in [3.63, 3.8) is 0 Å². The fraction of sp³-hybridized carbons (Fsp3) is 0.200. The molecule has 0 bridgehead atoms. The number of hydrogen-bond acceptors (Lipinski definition) is 9. The van der Waals surface area contributed by atoms with Gasteiger partial charge < -0.3 is 23.7 Å². The highest BCUT2D eigenvalue weighted by molar-refractivity contribution is 7.92. The van der Waals surface area contributed by atoms with E-state index in [-0.39, 0.29) is 21.7 Å². The maximum absolute atomic E-state index is 13.0. The number of Topliss-reactive ketones (excluding diaryl/α,β-unsaturated/α-hetero) is 1. The van der Waals surface area contributed by atoms with Crippen molar-refractivity contribution in [2.75, 3.05) is 38.8 Å². The van der Waals surface area contributed by atoms with Crippen LogP contribution in [0.4, 0.5) is 5.69 Å². The molecule has 0 atom stereocenters. The molecule has 0 fully saturated rings. The number of esters is 1. The lowest BCUT2D eigenvalue weighted by atomic mass is 10.1. The number of ketones is 1. The predicted octanol–water partition coefficient (Wildman–Crippen LogP) is 3.32. The summed E-state index contributed by atoms with van der Waals surface area (Å²) in [6, 6.07) is 14.8. The van der Waals surface area contributed by atoms with Gasteiger partial charge in [-0.2, -0.15) is 0 Å². The van der Waals surface area contributed by atoms with Crippen LogP contribution < -0.4 is 23.7 Å². The fourth-order valence-corrected chi connectivity index (χ4v) is 4.56. The van der Waals surface area contributed by atoms with Crippen LogP contribution in [-0.2, 0) is 14.8 Å². The zero-order valence-electron chi connectivity index (χ0n) is 19.5. The summed E-state index contributed by atoms with van der Waals surface area (Å²) >= 11 is 0. The summed E-state index contributed by atoms with van der Waals surface area (Å²) in [4.78, 5) is 25.4. The van der Waals surface area contributed by atoms with Gasteiger partial charge in [0.25, 0.3) is 10.0 Å². The number of methoxy groups -OCH3 is 2. The maximum Gasteiger partial charge on any atom is 0.340 e. The van der Waals surface area contributed by atoms with Crippen molar-refractivity contribution in [2.45, 2.75) is 4.90 Å². The van der Waals surface area contributed by atoms with Crippen LogP contribution in [0.15, 0.2) is 65.6 Å². The van der Waals surface area contributed by atoms with Crippen molar-refractivity contribution < 1.29 is 41.7 Å². The molecule has 1 N–H and O–H groups in total. The second-order valence-corrected chi connectivity index (χ2v) is 9.20. The van der Waals surface area contributed by atoms with Crippen LogP contribution in [0.1, 0.15) is 20.7 Å². The molecule has 1 aliphatic rings. The number of nitrogens with one attached hydrogen (secondary N) is 1. The van der Waals surface area contributed by atoms with E-state index in [0.717, 1.165) is 0 Å². The standard InChI is InChI=1S/C25H23NO9S/c1-31-16-7-9-22(32-2)19(13-16)21(27)15-35-25(28)18-5-3-4-6-20(18)26-36(29,30)17-8-10-23-24(14-17)34-12-11-33-23/h3-10,13-14,26H,11-12,15H2,1-2H3. The average Bonchev–Trinajstić information content (AvgIpc) is 2.90. The van der Waals surface area contributed by atoms with Crippen molar-refractivity contribution in [1.29, 1.82) is 0 Å². The number of hydrogen-bond donors (Lipinski definition) is 1. The van der Waals surface area contributed by atoms with Crippen LogP contribution in [-0.4, -0.2) is 54.2 Å². The Morgan fingerprint density at radius 3 is 2.39 bits per heavy atom. The first kappa shape index (κ1) is 24.9. The number of carbonyl (C=O) groups excluding carboxylic acids is 2. The molecule has 10 nitrogen and oxygen atoms in total. The van der Waals surface area contributed by atoms with Crippen LogP contribution in [0.3, 0.4) is 0 Å². The molecule has 0 radical (unpaired) electrons. The second-order valence-electron chi connectivity index (χ2n) is 7.52. The molecule has 0 aromatic heterocycles. The summed E-state index contributed by atoms with van der Waals surface area (Å²) in [5, 5.41) is 0. The van der Waals surface area contributed by atoms with Crippen LogP contribution in [0.2, 0.25) is 0 Å². The SMILES string of the molecule is COc1ccc(OC)c(C(=O)COC(=O)c2ccccc2NS(=O)(=O)c2ccc3c(c2)OCCO3)c1. The zero-order chi connectivity index (χ0) is 25.7. The Hall–Kier alpha value is -4.25. The Morgan fingerprint density at radius 2 is 1.64 bits per heavy atom. The lowest BCUT2D eigenvalue weighted by molar-refractivity contribution is 0.0475. The third-order valence-electron chi connectivity index (χ3n) is 5.26. The average molecular weight is 514 g/mol. The molecule has 0 saturated heterocycles. The molecule has 11 heteroatoms. The van der Waals surface area contributed by atoms with Gasteiger partial charge in [-0.25, -0.2) is 13.2 Å². The topological polar surface area (TPSA) is 126 Å². The molecule has 0 aliphatic carbocycles. The van der Waals surface area contributed by atoms with Gasteiger partial charge in [0.15, 0.2) is 18.1 Å². The van der Waals surface area contributed by atoms with Crippen molar-refractivity contribution in [1.82, 2.24) is 0 Å². The Bertz CT molecular complexity index is 1400. The van der Waals surface area contributed by atoms with Crippen LogP contribution in [0.5, 0.6) is 23.0 Å². The van der Waals surface area contributed by atoms with Crippen molar-refractivity contribution >= 4 is 27.5 Å². The van der Waals surface area contributed by atoms with Gasteiger partial charge >= 0.3 is 5.97 Å². The molecule has 1 heterocycles. The lowest BCUT2D eigenvalue weighted by Crippen LogP contribution is -2.19. The first-order chi connectivity index (χ1) is 17.3. The quantitative estimate of drug-likeness (QED) is 0.339. The number of benzene rings is 3. The van der Waals surface area contributed by atoms with Crippen molar-refractivity contribution in [3.05, 3.63) is 71.8 Å². The minimum absolute atomic E-state index is 0.0104. The van der Waals surface area contributed by atoms with Gasteiger partial charge in [-0.05, 0) is 42.5 Å². The summed E-state index contributed by atoms with van der Waals surface area (Å²) < 4.78 is 54.8. The molecule has 0 spiro atoms. The maximum atomic E-state index is 13.0. The highest BCUT2D eigenvalue weighted by Gasteiger charge is 2.23. The van der Waals surface area contributed by atoms with Crippen molar-refractivity contribution in [2.24, 2.45) is 0 Å². The van der Waals surface area contributed by atoms with E-state index in [2.05, 4.69) is 4.72 Å². The number of carbonyl (C=O) groups is 2. The summed E-state index contributed by atoms with van der Waals surface area (Å²) in [6.45, 7) is 0.0878. The van der Waals surface area contributed by atoms with E-state index in [1.54, 1.807) is 24.3 Å². The fourth-order valence-electron chi connectivity index (χ4n) is 3.46. The van der Waals surface area contributed by atoms with Gasteiger partial charge in [-0.3, -0.25) is 9.52 Å². The van der Waals surface area contributed by atoms with Crippen LogP contribution in [0.25, 0.3) is 0 Å². The number of para-hydroxylation sites is 1. The molecule has 1 aliphatic heterocycles. The Labute approximate surface area is 207 Å². The molecule has 0 saturated carbocycles. The largest absolute Gasteiger partial charge is 0.497 e. The third kappa shape index (κ3) is 5.36. The molecule has 0 amide bonds.